The first kappa shape index (κ1) is 12.4. The molecular formula is C16H15N3O. The van der Waals surface area contributed by atoms with Crippen LogP contribution in [0.15, 0.2) is 48.5 Å². The first-order valence-corrected chi connectivity index (χ1v) is 6.44. The Morgan fingerprint density at radius 1 is 0.700 bits per heavy atom. The summed E-state index contributed by atoms with van der Waals surface area (Å²) in [4.78, 5) is 0. The second-order valence-electron chi connectivity index (χ2n) is 4.89. The highest BCUT2D eigenvalue weighted by atomic mass is 16.5. The van der Waals surface area contributed by atoms with Gasteiger partial charge in [0.15, 0.2) is 11.6 Å². The quantitative estimate of drug-likeness (QED) is 0.722. The van der Waals surface area contributed by atoms with Crippen LogP contribution in [-0.4, -0.2) is 20.1 Å². The fraction of sp³-hybridized carbons (Fsp3) is 0.125. The van der Waals surface area contributed by atoms with Gasteiger partial charge in [0.1, 0.15) is 0 Å². The van der Waals surface area contributed by atoms with Gasteiger partial charge >= 0.3 is 0 Å². The van der Waals surface area contributed by atoms with E-state index >= 15 is 0 Å². The van der Waals surface area contributed by atoms with E-state index in [9.17, 15) is 5.21 Å². The van der Waals surface area contributed by atoms with E-state index in [0.29, 0.717) is 11.6 Å². The Balaban J connectivity index is 2.04. The third kappa shape index (κ3) is 2.16. The molecule has 4 nitrogen and oxygen atoms in total. The van der Waals surface area contributed by atoms with Crippen LogP contribution in [-0.2, 0) is 0 Å². The fourth-order valence-corrected chi connectivity index (χ4v) is 2.05. The van der Waals surface area contributed by atoms with Crippen molar-refractivity contribution in [2.75, 3.05) is 0 Å². The molecule has 0 spiro atoms. The van der Waals surface area contributed by atoms with Crippen LogP contribution in [0.25, 0.3) is 22.8 Å². The Labute approximate surface area is 117 Å². The normalized spacial score (nSPS) is 10.7. The predicted molar refractivity (Wildman–Crippen MR) is 77.6 cm³/mol. The van der Waals surface area contributed by atoms with Gasteiger partial charge in [0.2, 0.25) is 0 Å². The molecule has 0 atom stereocenters. The molecule has 1 aromatic heterocycles. The maximum absolute atomic E-state index is 10.3. The summed E-state index contributed by atoms with van der Waals surface area (Å²) in [6.07, 6.45) is 0. The first-order chi connectivity index (χ1) is 9.65. The molecule has 1 heterocycles. The molecular weight excluding hydrogens is 250 g/mol. The molecule has 100 valence electrons. The minimum Gasteiger partial charge on any atom is -0.425 e. The van der Waals surface area contributed by atoms with Crippen molar-refractivity contribution in [3.8, 4) is 22.8 Å². The van der Waals surface area contributed by atoms with Gasteiger partial charge in [0.25, 0.3) is 0 Å². The fourth-order valence-electron chi connectivity index (χ4n) is 2.05. The molecule has 0 bridgehead atoms. The van der Waals surface area contributed by atoms with Gasteiger partial charge in [-0.2, -0.15) is 0 Å². The van der Waals surface area contributed by atoms with Crippen LogP contribution in [0.3, 0.4) is 0 Å². The average Bonchev–Trinajstić information content (AvgIpc) is 2.83. The zero-order chi connectivity index (χ0) is 14.1. The highest BCUT2D eigenvalue weighted by Gasteiger charge is 2.14. The molecule has 2 aromatic carbocycles. The van der Waals surface area contributed by atoms with Crippen molar-refractivity contribution in [3.05, 3.63) is 59.7 Å². The summed E-state index contributed by atoms with van der Waals surface area (Å²) < 4.78 is 1.04. The molecule has 0 saturated carbocycles. The molecule has 0 fully saturated rings. The van der Waals surface area contributed by atoms with Gasteiger partial charge in [-0.1, -0.05) is 59.7 Å². The number of hydrogen-bond acceptors (Lipinski definition) is 3. The summed E-state index contributed by atoms with van der Waals surface area (Å²) >= 11 is 0. The zero-order valence-corrected chi connectivity index (χ0v) is 11.4. The van der Waals surface area contributed by atoms with Crippen molar-refractivity contribution < 1.29 is 5.21 Å². The van der Waals surface area contributed by atoms with Gasteiger partial charge in [0, 0.05) is 11.1 Å². The molecule has 3 aromatic rings. The van der Waals surface area contributed by atoms with E-state index < -0.39 is 0 Å². The summed E-state index contributed by atoms with van der Waals surface area (Å²) in [6.45, 7) is 4.04. The Hall–Kier alpha value is -2.62. The second kappa shape index (κ2) is 4.81. The third-order valence-corrected chi connectivity index (χ3v) is 3.26. The lowest BCUT2D eigenvalue weighted by molar-refractivity contribution is 0.194. The van der Waals surface area contributed by atoms with Crippen molar-refractivity contribution in [1.82, 2.24) is 14.9 Å². The number of hydrogen-bond donors (Lipinski definition) is 1. The van der Waals surface area contributed by atoms with Gasteiger partial charge in [-0.05, 0) is 13.8 Å². The number of nitrogens with zero attached hydrogens (tertiary/aromatic N) is 3. The van der Waals surface area contributed by atoms with Crippen molar-refractivity contribution in [2.24, 2.45) is 0 Å². The average molecular weight is 265 g/mol. The predicted octanol–water partition coefficient (Wildman–Crippen LogP) is 3.47. The van der Waals surface area contributed by atoms with E-state index in [1.165, 1.54) is 0 Å². The number of benzene rings is 2. The van der Waals surface area contributed by atoms with Gasteiger partial charge in [-0.25, -0.2) is 0 Å². The van der Waals surface area contributed by atoms with Crippen LogP contribution in [0.5, 0.6) is 0 Å². The lowest BCUT2D eigenvalue weighted by Crippen LogP contribution is -1.97. The van der Waals surface area contributed by atoms with Crippen LogP contribution < -0.4 is 0 Å². The molecule has 3 rings (SSSR count). The van der Waals surface area contributed by atoms with E-state index in [0.717, 1.165) is 27.0 Å². The lowest BCUT2D eigenvalue weighted by Gasteiger charge is -2.03. The highest BCUT2D eigenvalue weighted by Crippen LogP contribution is 2.23. The summed E-state index contributed by atoms with van der Waals surface area (Å²) in [5.74, 6) is 0.890. The standard InChI is InChI=1S/C16H15N3O/c1-11-3-7-13(8-4-11)15-17-18-16(19(15)20)14-9-5-12(2)6-10-14/h3-10,20H,1-2H3. The Morgan fingerprint density at radius 3 is 1.40 bits per heavy atom. The van der Waals surface area contributed by atoms with Crippen LogP contribution in [0.1, 0.15) is 11.1 Å². The molecule has 0 radical (unpaired) electrons. The molecule has 0 aliphatic rings. The van der Waals surface area contributed by atoms with Gasteiger partial charge in [-0.3, -0.25) is 0 Å². The first-order valence-electron chi connectivity index (χ1n) is 6.44. The van der Waals surface area contributed by atoms with Crippen LogP contribution in [0.2, 0.25) is 0 Å². The molecule has 0 unspecified atom stereocenters. The maximum atomic E-state index is 10.3. The molecule has 20 heavy (non-hydrogen) atoms. The van der Waals surface area contributed by atoms with E-state index in [2.05, 4.69) is 10.2 Å². The summed E-state index contributed by atoms with van der Waals surface area (Å²) in [7, 11) is 0. The van der Waals surface area contributed by atoms with E-state index in [1.807, 2.05) is 62.4 Å². The molecule has 0 saturated heterocycles. The van der Waals surface area contributed by atoms with Crippen molar-refractivity contribution in [1.29, 1.82) is 0 Å². The van der Waals surface area contributed by atoms with Gasteiger partial charge in [0.05, 0.1) is 0 Å². The number of aromatic nitrogens is 3. The van der Waals surface area contributed by atoms with Crippen molar-refractivity contribution in [3.63, 3.8) is 0 Å². The molecule has 0 amide bonds. The molecule has 0 aliphatic heterocycles. The minimum absolute atomic E-state index is 0.445. The van der Waals surface area contributed by atoms with E-state index in [4.69, 9.17) is 0 Å². The monoisotopic (exact) mass is 265 g/mol. The zero-order valence-electron chi connectivity index (χ0n) is 11.4. The van der Waals surface area contributed by atoms with Crippen molar-refractivity contribution >= 4 is 0 Å². The van der Waals surface area contributed by atoms with Crippen molar-refractivity contribution in [2.45, 2.75) is 13.8 Å². The SMILES string of the molecule is Cc1ccc(-c2nnc(-c3ccc(C)cc3)n2O)cc1. The number of aryl methyl sites for hydroxylation is 2. The molecule has 0 aliphatic carbocycles. The Kier molecular flexibility index (Phi) is 2.99. The van der Waals surface area contributed by atoms with Crippen LogP contribution in [0, 0.1) is 13.8 Å². The maximum Gasteiger partial charge on any atom is 0.199 e. The Bertz CT molecular complexity index is 664. The molecule has 1 N–H and O–H groups in total. The largest absolute Gasteiger partial charge is 0.425 e. The number of rotatable bonds is 2. The van der Waals surface area contributed by atoms with E-state index in [-0.39, 0.29) is 0 Å². The lowest BCUT2D eigenvalue weighted by atomic mass is 10.1. The van der Waals surface area contributed by atoms with Gasteiger partial charge < -0.3 is 5.21 Å². The highest BCUT2D eigenvalue weighted by molar-refractivity contribution is 5.62. The minimum atomic E-state index is 0.445. The molecule has 4 heteroatoms. The summed E-state index contributed by atoms with van der Waals surface area (Å²) in [5, 5.41) is 18.4. The Morgan fingerprint density at radius 2 is 1.05 bits per heavy atom. The third-order valence-electron chi connectivity index (χ3n) is 3.26. The summed E-state index contributed by atoms with van der Waals surface area (Å²) in [5.41, 5.74) is 4.00. The summed E-state index contributed by atoms with van der Waals surface area (Å²) in [6, 6.07) is 15.6. The van der Waals surface area contributed by atoms with Gasteiger partial charge in [-0.15, -0.1) is 14.9 Å². The van der Waals surface area contributed by atoms with Crippen LogP contribution in [0.4, 0.5) is 0 Å². The topological polar surface area (TPSA) is 50.9 Å². The van der Waals surface area contributed by atoms with E-state index in [1.54, 1.807) is 0 Å². The smallest absolute Gasteiger partial charge is 0.199 e. The second-order valence-corrected chi connectivity index (χ2v) is 4.89. The van der Waals surface area contributed by atoms with Crippen LogP contribution >= 0.6 is 0 Å².